The Bertz CT molecular complexity index is 378. The van der Waals surface area contributed by atoms with Gasteiger partial charge in [-0.2, -0.15) is 0 Å². The largest absolute Gasteiger partial charge is 0.294 e. The highest BCUT2D eigenvalue weighted by Gasteiger charge is 2.19. The molecule has 2 rings (SSSR count). The van der Waals surface area contributed by atoms with Crippen molar-refractivity contribution in [2.24, 2.45) is 0 Å². The van der Waals surface area contributed by atoms with Crippen molar-refractivity contribution in [3.8, 4) is 0 Å². The van der Waals surface area contributed by atoms with Gasteiger partial charge in [0.25, 0.3) is 0 Å². The monoisotopic (exact) mass is 216 g/mol. The van der Waals surface area contributed by atoms with Gasteiger partial charge < -0.3 is 0 Å². The Kier molecular flexibility index (Phi) is 2.30. The third kappa shape index (κ3) is 1.58. The Hall–Kier alpha value is -0.540. The lowest BCUT2D eigenvalue weighted by Crippen LogP contribution is -2.08. The number of fused-ring (bicyclic) bond motifs is 1. The molecule has 1 aromatic rings. The van der Waals surface area contributed by atoms with Crippen LogP contribution in [-0.2, 0) is 0 Å². The molecule has 1 aliphatic rings. The van der Waals surface area contributed by atoms with Gasteiger partial charge in [-0.1, -0.05) is 11.6 Å². The molecule has 0 aromatic heterocycles. The molecule has 0 aliphatic carbocycles. The maximum absolute atomic E-state index is 13.0. The zero-order chi connectivity index (χ0) is 9.42. The first-order valence-corrected chi connectivity index (χ1v) is 5.20. The number of carbonyl (C=O) groups excluding carboxylic acids is 1. The highest BCUT2D eigenvalue weighted by molar-refractivity contribution is 7.99. The Labute approximate surface area is 84.3 Å². The van der Waals surface area contributed by atoms with Gasteiger partial charge in [0.15, 0.2) is 5.78 Å². The second-order valence-corrected chi connectivity index (χ2v) is 4.33. The van der Waals surface area contributed by atoms with Crippen molar-refractivity contribution in [2.75, 3.05) is 5.75 Å². The van der Waals surface area contributed by atoms with E-state index in [-0.39, 0.29) is 10.8 Å². The van der Waals surface area contributed by atoms with Gasteiger partial charge in [0, 0.05) is 22.6 Å². The van der Waals surface area contributed by atoms with Gasteiger partial charge in [0.1, 0.15) is 5.82 Å². The molecule has 68 valence electrons. The summed E-state index contributed by atoms with van der Waals surface area (Å²) in [6, 6.07) is 2.75. The minimum atomic E-state index is -0.517. The number of Topliss-reactive ketones (excluding diaryl/α,β-unsaturated/α-hetero) is 1. The molecule has 1 aliphatic heterocycles. The molecule has 0 saturated heterocycles. The number of rotatable bonds is 0. The summed E-state index contributed by atoms with van der Waals surface area (Å²) in [5.41, 5.74) is 0.471. The number of halogens is 2. The van der Waals surface area contributed by atoms with Gasteiger partial charge in [-0.15, -0.1) is 11.8 Å². The zero-order valence-corrected chi connectivity index (χ0v) is 8.21. The molecule has 1 heterocycles. The SMILES string of the molecule is O=C1CCSc2cc(Cl)c(F)cc21. The molecule has 4 heteroatoms. The van der Waals surface area contributed by atoms with E-state index in [0.29, 0.717) is 12.0 Å². The van der Waals surface area contributed by atoms with Gasteiger partial charge in [-0.25, -0.2) is 4.39 Å². The second kappa shape index (κ2) is 3.31. The number of hydrogen-bond donors (Lipinski definition) is 0. The summed E-state index contributed by atoms with van der Waals surface area (Å²) < 4.78 is 13.0. The zero-order valence-electron chi connectivity index (χ0n) is 6.64. The topological polar surface area (TPSA) is 17.1 Å². The van der Waals surface area contributed by atoms with Crippen LogP contribution in [0.5, 0.6) is 0 Å². The molecule has 0 fully saturated rings. The summed E-state index contributed by atoms with van der Waals surface area (Å²) in [7, 11) is 0. The number of benzene rings is 1. The predicted molar refractivity (Wildman–Crippen MR) is 51.1 cm³/mol. The smallest absolute Gasteiger partial charge is 0.164 e. The van der Waals surface area contributed by atoms with Crippen LogP contribution in [0.2, 0.25) is 5.02 Å². The maximum atomic E-state index is 13.0. The third-order valence-electron chi connectivity index (χ3n) is 1.91. The fourth-order valence-corrected chi connectivity index (χ4v) is 2.52. The van der Waals surface area contributed by atoms with Crippen LogP contribution in [0.15, 0.2) is 17.0 Å². The van der Waals surface area contributed by atoms with Crippen molar-refractivity contribution < 1.29 is 9.18 Å². The minimum absolute atomic E-state index is 0.00400. The molecule has 0 radical (unpaired) electrons. The van der Waals surface area contributed by atoms with E-state index in [4.69, 9.17) is 11.6 Å². The number of ketones is 1. The van der Waals surface area contributed by atoms with Crippen LogP contribution in [-0.4, -0.2) is 11.5 Å². The molecular weight excluding hydrogens is 211 g/mol. The molecule has 0 N–H and O–H groups in total. The van der Waals surface area contributed by atoms with E-state index in [1.54, 1.807) is 11.8 Å². The lowest BCUT2D eigenvalue weighted by Gasteiger charge is -2.13. The first kappa shape index (κ1) is 9.03. The summed E-state index contributed by atoms with van der Waals surface area (Å²) in [5, 5.41) is 0.0842. The fraction of sp³-hybridized carbons (Fsp3) is 0.222. The van der Waals surface area contributed by atoms with Gasteiger partial charge >= 0.3 is 0 Å². The first-order chi connectivity index (χ1) is 6.18. The Morgan fingerprint density at radius 1 is 1.46 bits per heavy atom. The Morgan fingerprint density at radius 2 is 2.23 bits per heavy atom. The first-order valence-electron chi connectivity index (χ1n) is 3.83. The Balaban J connectivity index is 2.58. The van der Waals surface area contributed by atoms with E-state index < -0.39 is 5.82 Å². The quantitative estimate of drug-likeness (QED) is 0.663. The van der Waals surface area contributed by atoms with Crippen LogP contribution in [0.25, 0.3) is 0 Å². The molecule has 0 amide bonds. The number of thioether (sulfide) groups is 1. The summed E-state index contributed by atoms with van der Waals surface area (Å²) in [5.74, 6) is 0.244. The van der Waals surface area contributed by atoms with Crippen molar-refractivity contribution >= 4 is 29.1 Å². The number of carbonyl (C=O) groups is 1. The molecule has 0 spiro atoms. The van der Waals surface area contributed by atoms with Crippen molar-refractivity contribution in [3.63, 3.8) is 0 Å². The van der Waals surface area contributed by atoms with Crippen LogP contribution in [0.1, 0.15) is 16.8 Å². The minimum Gasteiger partial charge on any atom is -0.294 e. The standard InChI is InChI=1S/C9H6ClFOS/c10-6-4-9-5(3-7(6)11)8(12)1-2-13-9/h3-4H,1-2H2. The molecule has 1 aromatic carbocycles. The van der Waals surface area contributed by atoms with E-state index >= 15 is 0 Å². The lowest BCUT2D eigenvalue weighted by atomic mass is 10.1. The predicted octanol–water partition coefficient (Wildman–Crippen LogP) is 3.16. The van der Waals surface area contributed by atoms with Crippen molar-refractivity contribution in [1.82, 2.24) is 0 Å². The van der Waals surface area contributed by atoms with Crippen molar-refractivity contribution in [2.45, 2.75) is 11.3 Å². The van der Waals surface area contributed by atoms with Gasteiger partial charge in [0.05, 0.1) is 5.02 Å². The van der Waals surface area contributed by atoms with Gasteiger partial charge in [-0.3, -0.25) is 4.79 Å². The molecule has 0 unspecified atom stereocenters. The number of hydrogen-bond acceptors (Lipinski definition) is 2. The maximum Gasteiger partial charge on any atom is 0.164 e. The van der Waals surface area contributed by atoms with Crippen LogP contribution in [0, 0.1) is 5.82 Å². The molecule has 0 atom stereocenters. The molecule has 13 heavy (non-hydrogen) atoms. The molecule has 0 saturated carbocycles. The molecule has 1 nitrogen and oxygen atoms in total. The molecule has 0 bridgehead atoms. The van der Waals surface area contributed by atoms with Crippen LogP contribution >= 0.6 is 23.4 Å². The average molecular weight is 217 g/mol. The van der Waals surface area contributed by atoms with E-state index in [1.165, 1.54) is 12.1 Å². The van der Waals surface area contributed by atoms with E-state index in [1.807, 2.05) is 0 Å². The highest BCUT2D eigenvalue weighted by atomic mass is 35.5. The summed E-state index contributed by atoms with van der Waals surface area (Å²) in [6.45, 7) is 0. The van der Waals surface area contributed by atoms with Crippen molar-refractivity contribution in [1.29, 1.82) is 0 Å². The van der Waals surface area contributed by atoms with Crippen LogP contribution in [0.4, 0.5) is 4.39 Å². The van der Waals surface area contributed by atoms with Gasteiger partial charge in [0.2, 0.25) is 0 Å². The van der Waals surface area contributed by atoms with E-state index in [9.17, 15) is 9.18 Å². The van der Waals surface area contributed by atoms with Gasteiger partial charge in [-0.05, 0) is 12.1 Å². The van der Waals surface area contributed by atoms with Crippen LogP contribution < -0.4 is 0 Å². The highest BCUT2D eigenvalue weighted by Crippen LogP contribution is 2.33. The normalized spacial score (nSPS) is 15.7. The lowest BCUT2D eigenvalue weighted by molar-refractivity contribution is 0.0984. The second-order valence-electron chi connectivity index (χ2n) is 2.78. The molecular formula is C9H6ClFOS. The van der Waals surface area contributed by atoms with Crippen molar-refractivity contribution in [3.05, 3.63) is 28.5 Å². The third-order valence-corrected chi connectivity index (χ3v) is 3.26. The average Bonchev–Trinajstić information content (AvgIpc) is 2.09. The summed E-state index contributed by atoms with van der Waals surface area (Å²) >= 11 is 7.14. The summed E-state index contributed by atoms with van der Waals surface area (Å²) in [4.78, 5) is 12.1. The van der Waals surface area contributed by atoms with E-state index in [0.717, 1.165) is 10.6 Å². The van der Waals surface area contributed by atoms with Crippen LogP contribution in [0.3, 0.4) is 0 Å². The fourth-order valence-electron chi connectivity index (χ4n) is 1.25. The summed E-state index contributed by atoms with van der Waals surface area (Å²) in [6.07, 6.45) is 0.485. The Morgan fingerprint density at radius 3 is 3.00 bits per heavy atom. The van der Waals surface area contributed by atoms with E-state index in [2.05, 4.69) is 0 Å².